The van der Waals surface area contributed by atoms with Gasteiger partial charge in [-0.25, -0.2) is 9.97 Å². The van der Waals surface area contributed by atoms with Crippen LogP contribution in [-0.2, 0) is 0 Å². The van der Waals surface area contributed by atoms with E-state index in [2.05, 4.69) is 9.97 Å². The van der Waals surface area contributed by atoms with Gasteiger partial charge in [-0.3, -0.25) is 0 Å². The summed E-state index contributed by atoms with van der Waals surface area (Å²) < 4.78 is 0. The Labute approximate surface area is 109 Å². The fourth-order valence-corrected chi connectivity index (χ4v) is 1.64. The van der Waals surface area contributed by atoms with E-state index in [1.54, 1.807) is 0 Å². The number of allylic oxidation sites excluding steroid dienone is 1. The number of rotatable bonds is 2. The molecule has 96 valence electrons. The standard InChI is InChI=1S/C13H15N3.C2H6/c1-4-7-12-14-11-9-6-5-8-10(11)13(15-12)16(2)3;1-2/h4-9H,1-3H3;1-2H3/b7-4+;. The van der Waals surface area contributed by atoms with Crippen molar-refractivity contribution in [3.05, 3.63) is 36.2 Å². The summed E-state index contributed by atoms with van der Waals surface area (Å²) >= 11 is 0. The Bertz CT molecular complexity index is 530. The van der Waals surface area contributed by atoms with Crippen LogP contribution in [0.4, 0.5) is 5.82 Å². The molecular formula is C15H21N3. The maximum Gasteiger partial charge on any atom is 0.154 e. The quantitative estimate of drug-likeness (QED) is 0.804. The molecule has 0 amide bonds. The second-order valence-electron chi connectivity index (χ2n) is 3.82. The van der Waals surface area contributed by atoms with E-state index in [9.17, 15) is 0 Å². The lowest BCUT2D eigenvalue weighted by atomic mass is 10.2. The van der Waals surface area contributed by atoms with Gasteiger partial charge in [0.2, 0.25) is 0 Å². The largest absolute Gasteiger partial charge is 0.362 e. The third kappa shape index (κ3) is 3.06. The summed E-state index contributed by atoms with van der Waals surface area (Å²) in [4.78, 5) is 11.0. The van der Waals surface area contributed by atoms with Gasteiger partial charge < -0.3 is 4.90 Å². The Morgan fingerprint density at radius 3 is 2.33 bits per heavy atom. The molecule has 0 saturated heterocycles. The summed E-state index contributed by atoms with van der Waals surface area (Å²) in [5.41, 5.74) is 0.981. The predicted molar refractivity (Wildman–Crippen MR) is 79.9 cm³/mol. The van der Waals surface area contributed by atoms with E-state index < -0.39 is 0 Å². The zero-order valence-electron chi connectivity index (χ0n) is 11.8. The SMILES string of the molecule is C/C=C/c1nc(N(C)C)c2ccccc2n1.CC. The number of fused-ring (bicyclic) bond motifs is 1. The Morgan fingerprint density at radius 2 is 1.72 bits per heavy atom. The average Bonchev–Trinajstić information content (AvgIpc) is 2.40. The minimum absolute atomic E-state index is 0.755. The maximum absolute atomic E-state index is 4.52. The first-order valence-corrected chi connectivity index (χ1v) is 6.29. The van der Waals surface area contributed by atoms with Crippen LogP contribution in [0.1, 0.15) is 26.6 Å². The highest BCUT2D eigenvalue weighted by Crippen LogP contribution is 2.22. The van der Waals surface area contributed by atoms with Gasteiger partial charge in [0, 0.05) is 19.5 Å². The fraction of sp³-hybridized carbons (Fsp3) is 0.333. The van der Waals surface area contributed by atoms with E-state index in [1.165, 1.54) is 0 Å². The summed E-state index contributed by atoms with van der Waals surface area (Å²) in [6, 6.07) is 8.06. The number of para-hydroxylation sites is 1. The Balaban J connectivity index is 0.000000771. The van der Waals surface area contributed by atoms with E-state index in [0.29, 0.717) is 0 Å². The first kappa shape index (κ1) is 14.2. The van der Waals surface area contributed by atoms with Gasteiger partial charge >= 0.3 is 0 Å². The van der Waals surface area contributed by atoms with Crippen molar-refractivity contribution in [2.24, 2.45) is 0 Å². The Hall–Kier alpha value is -1.90. The summed E-state index contributed by atoms with van der Waals surface area (Å²) in [6.07, 6.45) is 3.86. The Kier molecular flexibility index (Phi) is 5.31. The van der Waals surface area contributed by atoms with Gasteiger partial charge in [0.25, 0.3) is 0 Å². The maximum atomic E-state index is 4.52. The van der Waals surface area contributed by atoms with Crippen molar-refractivity contribution in [2.75, 3.05) is 19.0 Å². The van der Waals surface area contributed by atoms with Gasteiger partial charge in [-0.15, -0.1) is 0 Å². The summed E-state index contributed by atoms with van der Waals surface area (Å²) in [5.74, 6) is 1.71. The van der Waals surface area contributed by atoms with Gasteiger partial charge in [0.05, 0.1) is 5.52 Å². The van der Waals surface area contributed by atoms with Crippen LogP contribution in [0.5, 0.6) is 0 Å². The van der Waals surface area contributed by atoms with Gasteiger partial charge in [-0.05, 0) is 25.1 Å². The van der Waals surface area contributed by atoms with Crippen molar-refractivity contribution < 1.29 is 0 Å². The van der Waals surface area contributed by atoms with Crippen molar-refractivity contribution in [1.82, 2.24) is 9.97 Å². The van der Waals surface area contributed by atoms with Crippen LogP contribution in [0, 0.1) is 0 Å². The van der Waals surface area contributed by atoms with Crippen LogP contribution in [0.25, 0.3) is 17.0 Å². The topological polar surface area (TPSA) is 29.0 Å². The van der Waals surface area contributed by atoms with Crippen molar-refractivity contribution >= 4 is 22.8 Å². The first-order valence-electron chi connectivity index (χ1n) is 6.29. The van der Waals surface area contributed by atoms with E-state index in [1.807, 2.05) is 76.2 Å². The van der Waals surface area contributed by atoms with Gasteiger partial charge in [0.1, 0.15) is 5.82 Å². The molecule has 1 aromatic heterocycles. The molecule has 1 heterocycles. The number of anilines is 1. The molecule has 18 heavy (non-hydrogen) atoms. The molecule has 0 spiro atoms. The molecule has 1 aromatic carbocycles. The zero-order valence-corrected chi connectivity index (χ0v) is 11.8. The molecule has 0 aliphatic rings. The molecule has 0 saturated carbocycles. The highest BCUT2D eigenvalue weighted by molar-refractivity contribution is 5.89. The molecule has 0 atom stereocenters. The normalized spacial score (nSPS) is 10.3. The summed E-state index contributed by atoms with van der Waals surface area (Å²) in [7, 11) is 3.99. The second kappa shape index (κ2) is 6.74. The lowest BCUT2D eigenvalue weighted by Gasteiger charge is -2.14. The van der Waals surface area contributed by atoms with E-state index in [-0.39, 0.29) is 0 Å². The fourth-order valence-electron chi connectivity index (χ4n) is 1.64. The molecule has 2 rings (SSSR count). The van der Waals surface area contributed by atoms with E-state index in [0.717, 1.165) is 22.5 Å². The molecule has 0 aliphatic carbocycles. The molecule has 0 unspecified atom stereocenters. The van der Waals surface area contributed by atoms with Crippen molar-refractivity contribution in [3.63, 3.8) is 0 Å². The number of nitrogens with zero attached hydrogens (tertiary/aromatic N) is 3. The van der Waals surface area contributed by atoms with Crippen molar-refractivity contribution in [1.29, 1.82) is 0 Å². The first-order chi connectivity index (χ1) is 8.72. The minimum Gasteiger partial charge on any atom is -0.362 e. The lowest BCUT2D eigenvalue weighted by Crippen LogP contribution is -2.12. The van der Waals surface area contributed by atoms with Crippen molar-refractivity contribution in [2.45, 2.75) is 20.8 Å². The summed E-state index contributed by atoms with van der Waals surface area (Å²) in [6.45, 7) is 5.97. The second-order valence-corrected chi connectivity index (χ2v) is 3.82. The molecule has 2 aromatic rings. The number of hydrogen-bond acceptors (Lipinski definition) is 3. The molecule has 0 N–H and O–H groups in total. The monoisotopic (exact) mass is 243 g/mol. The molecule has 3 heteroatoms. The van der Waals surface area contributed by atoms with E-state index in [4.69, 9.17) is 0 Å². The number of hydrogen-bond donors (Lipinski definition) is 0. The number of benzene rings is 1. The van der Waals surface area contributed by atoms with Crippen LogP contribution in [0.15, 0.2) is 30.3 Å². The van der Waals surface area contributed by atoms with Gasteiger partial charge in [-0.1, -0.05) is 32.1 Å². The average molecular weight is 243 g/mol. The summed E-state index contributed by atoms with van der Waals surface area (Å²) in [5, 5.41) is 1.08. The third-order valence-corrected chi connectivity index (χ3v) is 2.34. The van der Waals surface area contributed by atoms with Crippen LogP contribution in [0.3, 0.4) is 0 Å². The lowest BCUT2D eigenvalue weighted by molar-refractivity contribution is 1.05. The minimum atomic E-state index is 0.755. The van der Waals surface area contributed by atoms with Gasteiger partial charge in [0.15, 0.2) is 5.82 Å². The smallest absolute Gasteiger partial charge is 0.154 e. The predicted octanol–water partition coefficient (Wildman–Crippen LogP) is 3.76. The van der Waals surface area contributed by atoms with Gasteiger partial charge in [-0.2, -0.15) is 0 Å². The van der Waals surface area contributed by atoms with Crippen LogP contribution >= 0.6 is 0 Å². The highest BCUT2D eigenvalue weighted by Gasteiger charge is 2.06. The van der Waals surface area contributed by atoms with Crippen LogP contribution in [-0.4, -0.2) is 24.1 Å². The van der Waals surface area contributed by atoms with Crippen molar-refractivity contribution in [3.8, 4) is 0 Å². The van der Waals surface area contributed by atoms with E-state index >= 15 is 0 Å². The molecule has 3 nitrogen and oxygen atoms in total. The van der Waals surface area contributed by atoms with Crippen LogP contribution in [0.2, 0.25) is 0 Å². The number of aromatic nitrogens is 2. The third-order valence-electron chi connectivity index (χ3n) is 2.34. The zero-order chi connectivity index (χ0) is 13.5. The molecule has 0 bridgehead atoms. The van der Waals surface area contributed by atoms with Crippen LogP contribution < -0.4 is 4.90 Å². The Morgan fingerprint density at radius 1 is 1.06 bits per heavy atom. The molecular weight excluding hydrogens is 222 g/mol. The molecule has 0 fully saturated rings. The molecule has 0 aliphatic heterocycles. The molecule has 0 radical (unpaired) electrons. The highest BCUT2D eigenvalue weighted by atomic mass is 15.1.